The van der Waals surface area contributed by atoms with E-state index in [2.05, 4.69) is 16.7 Å². The highest BCUT2D eigenvalue weighted by Gasteiger charge is 2.12. The maximum atomic E-state index is 11.1. The van der Waals surface area contributed by atoms with Crippen molar-refractivity contribution in [1.29, 1.82) is 0 Å². The first-order valence-corrected chi connectivity index (χ1v) is 9.76. The first kappa shape index (κ1) is 20.2. The molecule has 0 saturated carbocycles. The standard InChI is InChI=1S/C21H21N5O2S/c1-4-12-22-21-25(23-14-16-8-10-18(11-9-16)24(2)3)20(15-29-21)17-6-5-7-19(13-17)26(27)28/h4-11,13-15H,1,12H2,2-3H3. The molecule has 7 nitrogen and oxygen atoms in total. The number of thiazole rings is 1. The van der Waals surface area contributed by atoms with Crippen molar-refractivity contribution in [3.63, 3.8) is 0 Å². The summed E-state index contributed by atoms with van der Waals surface area (Å²) in [6.07, 6.45) is 3.46. The largest absolute Gasteiger partial charge is 0.378 e. The summed E-state index contributed by atoms with van der Waals surface area (Å²) >= 11 is 1.42. The second-order valence-corrected chi connectivity index (χ2v) is 7.22. The fraction of sp³-hybridized carbons (Fsp3) is 0.143. The van der Waals surface area contributed by atoms with Crippen LogP contribution < -0.4 is 9.70 Å². The third-order valence-corrected chi connectivity index (χ3v) is 4.98. The summed E-state index contributed by atoms with van der Waals surface area (Å²) in [4.78, 5) is 17.9. The second-order valence-electron chi connectivity index (χ2n) is 6.38. The molecule has 0 amide bonds. The number of nitro groups is 1. The van der Waals surface area contributed by atoms with Gasteiger partial charge in [0.05, 0.1) is 23.4 Å². The van der Waals surface area contributed by atoms with E-state index in [1.165, 1.54) is 23.5 Å². The number of nitrogens with zero attached hydrogens (tertiary/aromatic N) is 5. The molecule has 0 fully saturated rings. The Balaban J connectivity index is 2.04. The highest BCUT2D eigenvalue weighted by atomic mass is 32.1. The zero-order valence-electron chi connectivity index (χ0n) is 16.2. The Kier molecular flexibility index (Phi) is 6.36. The number of anilines is 1. The van der Waals surface area contributed by atoms with Gasteiger partial charge in [-0.2, -0.15) is 5.10 Å². The molecular formula is C21H21N5O2S. The molecule has 1 heterocycles. The normalized spacial score (nSPS) is 11.7. The average Bonchev–Trinajstić information content (AvgIpc) is 3.13. The van der Waals surface area contributed by atoms with Gasteiger partial charge in [0.1, 0.15) is 0 Å². The molecule has 0 aliphatic heterocycles. The third kappa shape index (κ3) is 4.85. The lowest BCUT2D eigenvalue weighted by molar-refractivity contribution is -0.384. The molecule has 0 atom stereocenters. The Morgan fingerprint density at radius 3 is 2.66 bits per heavy atom. The van der Waals surface area contributed by atoms with Crippen LogP contribution >= 0.6 is 11.3 Å². The van der Waals surface area contributed by atoms with Gasteiger partial charge in [0.15, 0.2) is 0 Å². The molecule has 29 heavy (non-hydrogen) atoms. The lowest BCUT2D eigenvalue weighted by Gasteiger charge is -2.11. The Labute approximate surface area is 172 Å². The maximum absolute atomic E-state index is 11.1. The molecule has 1 aromatic heterocycles. The van der Waals surface area contributed by atoms with E-state index in [1.807, 2.05) is 54.7 Å². The van der Waals surface area contributed by atoms with Crippen molar-refractivity contribution in [3.8, 4) is 11.3 Å². The fourth-order valence-electron chi connectivity index (χ4n) is 2.62. The summed E-state index contributed by atoms with van der Waals surface area (Å²) in [5, 5.41) is 17.6. The van der Waals surface area contributed by atoms with Crippen LogP contribution in [0, 0.1) is 10.1 Å². The lowest BCUT2D eigenvalue weighted by Crippen LogP contribution is -2.12. The van der Waals surface area contributed by atoms with Crippen LogP contribution in [0.25, 0.3) is 11.3 Å². The summed E-state index contributed by atoms with van der Waals surface area (Å²) in [5.41, 5.74) is 3.52. The quantitative estimate of drug-likeness (QED) is 0.255. The molecule has 0 aliphatic rings. The number of nitro benzene ring substituents is 1. The molecule has 8 heteroatoms. The van der Waals surface area contributed by atoms with Crippen LogP contribution in [0.2, 0.25) is 0 Å². The Morgan fingerprint density at radius 1 is 1.24 bits per heavy atom. The molecule has 0 bridgehead atoms. The Morgan fingerprint density at radius 2 is 2.00 bits per heavy atom. The van der Waals surface area contributed by atoms with Crippen LogP contribution in [-0.2, 0) is 0 Å². The number of aromatic nitrogens is 1. The van der Waals surface area contributed by atoms with Crippen molar-refractivity contribution in [3.05, 3.63) is 87.0 Å². The van der Waals surface area contributed by atoms with E-state index in [0.29, 0.717) is 16.9 Å². The van der Waals surface area contributed by atoms with E-state index < -0.39 is 4.92 Å². The average molecular weight is 407 g/mol. The van der Waals surface area contributed by atoms with Gasteiger partial charge in [-0.1, -0.05) is 30.3 Å². The van der Waals surface area contributed by atoms with Crippen molar-refractivity contribution in [1.82, 2.24) is 4.68 Å². The summed E-state index contributed by atoms with van der Waals surface area (Å²) in [7, 11) is 3.98. The van der Waals surface area contributed by atoms with Crippen LogP contribution in [0.5, 0.6) is 0 Å². The first-order valence-electron chi connectivity index (χ1n) is 8.88. The minimum absolute atomic E-state index is 0.0353. The summed E-state index contributed by atoms with van der Waals surface area (Å²) < 4.78 is 1.70. The van der Waals surface area contributed by atoms with Crippen molar-refractivity contribution >= 4 is 28.9 Å². The van der Waals surface area contributed by atoms with Crippen LogP contribution in [0.1, 0.15) is 5.56 Å². The minimum atomic E-state index is -0.404. The monoisotopic (exact) mass is 407 g/mol. The molecule has 0 aliphatic carbocycles. The lowest BCUT2D eigenvalue weighted by atomic mass is 10.1. The second kappa shape index (κ2) is 9.11. The highest BCUT2D eigenvalue weighted by Crippen LogP contribution is 2.24. The molecule has 148 valence electrons. The summed E-state index contributed by atoms with van der Waals surface area (Å²) in [6, 6.07) is 14.5. The van der Waals surface area contributed by atoms with Gasteiger partial charge >= 0.3 is 0 Å². The van der Waals surface area contributed by atoms with E-state index in [4.69, 9.17) is 0 Å². The predicted molar refractivity (Wildman–Crippen MR) is 119 cm³/mol. The van der Waals surface area contributed by atoms with E-state index in [1.54, 1.807) is 23.0 Å². The van der Waals surface area contributed by atoms with Gasteiger partial charge in [-0.3, -0.25) is 15.1 Å². The highest BCUT2D eigenvalue weighted by molar-refractivity contribution is 7.07. The molecule has 3 aromatic rings. The number of non-ortho nitro benzene ring substituents is 1. The number of hydrogen-bond donors (Lipinski definition) is 0. The smallest absolute Gasteiger partial charge is 0.270 e. The van der Waals surface area contributed by atoms with Crippen molar-refractivity contribution < 1.29 is 4.92 Å². The topological polar surface area (TPSA) is 76.0 Å². The Bertz CT molecular complexity index is 1110. The van der Waals surface area contributed by atoms with Gasteiger partial charge in [0, 0.05) is 42.9 Å². The SMILES string of the molecule is C=CCN=c1scc(-c2cccc([N+](=O)[O-])c2)n1N=Cc1ccc(N(C)C)cc1. The van der Waals surface area contributed by atoms with E-state index >= 15 is 0 Å². The van der Waals surface area contributed by atoms with Crippen LogP contribution in [0.3, 0.4) is 0 Å². The minimum Gasteiger partial charge on any atom is -0.378 e. The van der Waals surface area contributed by atoms with E-state index in [9.17, 15) is 10.1 Å². The summed E-state index contributed by atoms with van der Waals surface area (Å²) in [5.74, 6) is 0. The van der Waals surface area contributed by atoms with Gasteiger partial charge in [0.2, 0.25) is 4.80 Å². The molecule has 0 spiro atoms. The van der Waals surface area contributed by atoms with Crippen molar-refractivity contribution in [2.45, 2.75) is 0 Å². The van der Waals surface area contributed by atoms with Crippen molar-refractivity contribution in [2.24, 2.45) is 10.1 Å². The zero-order chi connectivity index (χ0) is 20.8. The zero-order valence-corrected chi connectivity index (χ0v) is 17.0. The number of rotatable bonds is 7. The molecule has 3 rings (SSSR count). The van der Waals surface area contributed by atoms with Crippen LogP contribution in [-0.4, -0.2) is 36.5 Å². The van der Waals surface area contributed by atoms with E-state index in [-0.39, 0.29) is 5.69 Å². The molecule has 0 unspecified atom stereocenters. The number of benzene rings is 2. The molecule has 2 aromatic carbocycles. The molecular weight excluding hydrogens is 386 g/mol. The van der Waals surface area contributed by atoms with Gasteiger partial charge in [-0.25, -0.2) is 4.68 Å². The predicted octanol–water partition coefficient (Wildman–Crippen LogP) is 4.16. The third-order valence-electron chi connectivity index (χ3n) is 4.13. The van der Waals surface area contributed by atoms with Crippen LogP contribution in [0.4, 0.5) is 11.4 Å². The number of hydrogen-bond acceptors (Lipinski definition) is 6. The molecule has 0 saturated heterocycles. The fourth-order valence-corrected chi connectivity index (χ4v) is 3.47. The van der Waals surface area contributed by atoms with Gasteiger partial charge in [-0.15, -0.1) is 17.9 Å². The van der Waals surface area contributed by atoms with Gasteiger partial charge in [-0.05, 0) is 17.7 Å². The van der Waals surface area contributed by atoms with E-state index in [0.717, 1.165) is 16.9 Å². The maximum Gasteiger partial charge on any atom is 0.270 e. The van der Waals surface area contributed by atoms with Crippen LogP contribution in [0.15, 0.2) is 76.7 Å². The summed E-state index contributed by atoms with van der Waals surface area (Å²) in [6.45, 7) is 4.16. The Hall–Kier alpha value is -3.52. The first-order chi connectivity index (χ1) is 14.0. The van der Waals surface area contributed by atoms with Crippen molar-refractivity contribution in [2.75, 3.05) is 25.5 Å². The van der Waals surface area contributed by atoms with Gasteiger partial charge in [0.25, 0.3) is 5.69 Å². The molecule has 0 N–H and O–H groups in total. The van der Waals surface area contributed by atoms with Gasteiger partial charge < -0.3 is 4.90 Å². The molecule has 0 radical (unpaired) electrons.